The molecule has 3 aromatic rings. The molecule has 1 N–H and O–H groups in total. The van der Waals surface area contributed by atoms with Crippen molar-refractivity contribution < 1.29 is 9.84 Å². The lowest BCUT2D eigenvalue weighted by Gasteiger charge is -2.18. The molecule has 31 heavy (non-hydrogen) atoms. The Hall–Kier alpha value is -3.55. The molecular formula is C27H28N2O2. The summed E-state index contributed by atoms with van der Waals surface area (Å²) in [7, 11) is 0. The third-order valence-corrected chi connectivity index (χ3v) is 5.29. The van der Waals surface area contributed by atoms with Crippen LogP contribution in [0, 0.1) is 11.3 Å². The SMILES string of the molecule is CCN(CC)CCOc1ccc(/C(=C(\C#N)c2ccccc2)c2ccc(O)cc2)cc1. The monoisotopic (exact) mass is 412 g/mol. The van der Waals surface area contributed by atoms with Crippen molar-refractivity contribution in [2.75, 3.05) is 26.2 Å². The van der Waals surface area contributed by atoms with Gasteiger partial charge in [0.2, 0.25) is 0 Å². The van der Waals surface area contributed by atoms with Crippen LogP contribution < -0.4 is 4.74 Å². The second-order valence-corrected chi connectivity index (χ2v) is 7.17. The van der Waals surface area contributed by atoms with Gasteiger partial charge in [-0.25, -0.2) is 0 Å². The first-order valence-electron chi connectivity index (χ1n) is 10.6. The highest BCUT2D eigenvalue weighted by Gasteiger charge is 2.14. The van der Waals surface area contributed by atoms with Crippen LogP contribution in [0.5, 0.6) is 11.5 Å². The first-order valence-corrected chi connectivity index (χ1v) is 10.6. The molecule has 0 bridgehead atoms. The second kappa shape index (κ2) is 11.0. The molecule has 0 radical (unpaired) electrons. The summed E-state index contributed by atoms with van der Waals surface area (Å²) < 4.78 is 5.91. The molecule has 4 heteroatoms. The zero-order chi connectivity index (χ0) is 22.1. The number of nitrogens with zero attached hydrogens (tertiary/aromatic N) is 2. The molecule has 0 aromatic heterocycles. The van der Waals surface area contributed by atoms with Gasteiger partial charge < -0.3 is 14.7 Å². The molecule has 0 amide bonds. The number of benzene rings is 3. The summed E-state index contributed by atoms with van der Waals surface area (Å²) in [5, 5.41) is 19.7. The summed E-state index contributed by atoms with van der Waals surface area (Å²) in [5.74, 6) is 0.998. The lowest BCUT2D eigenvalue weighted by Crippen LogP contribution is -2.27. The van der Waals surface area contributed by atoms with E-state index in [1.165, 1.54) is 0 Å². The maximum absolute atomic E-state index is 10.0. The minimum atomic E-state index is 0.193. The fourth-order valence-corrected chi connectivity index (χ4v) is 3.50. The van der Waals surface area contributed by atoms with E-state index < -0.39 is 0 Å². The third-order valence-electron chi connectivity index (χ3n) is 5.29. The van der Waals surface area contributed by atoms with Crippen LogP contribution in [0.2, 0.25) is 0 Å². The standard InChI is InChI=1S/C27H28N2O2/c1-3-29(4-2)18-19-31-25-16-12-23(13-17-25)27(22-10-14-24(30)15-11-22)26(20-28)21-8-6-5-7-9-21/h5-17,30H,3-4,18-19H2,1-2H3/b27-26+. The van der Waals surface area contributed by atoms with Gasteiger partial charge in [0.05, 0.1) is 5.57 Å². The minimum absolute atomic E-state index is 0.193. The van der Waals surface area contributed by atoms with Crippen LogP contribution in [-0.2, 0) is 0 Å². The van der Waals surface area contributed by atoms with Gasteiger partial charge in [-0.1, -0.05) is 68.4 Å². The van der Waals surface area contributed by atoms with Crippen molar-refractivity contribution in [3.8, 4) is 17.6 Å². The van der Waals surface area contributed by atoms with Gasteiger partial charge in [-0.15, -0.1) is 0 Å². The van der Waals surface area contributed by atoms with Gasteiger partial charge in [0, 0.05) is 12.1 Å². The fourth-order valence-electron chi connectivity index (χ4n) is 3.50. The Labute approximate surface area is 184 Å². The number of likely N-dealkylation sites (N-methyl/N-ethyl adjacent to an activating group) is 1. The Morgan fingerprint density at radius 3 is 1.97 bits per heavy atom. The molecule has 3 aromatic carbocycles. The molecule has 158 valence electrons. The zero-order valence-corrected chi connectivity index (χ0v) is 18.1. The van der Waals surface area contributed by atoms with E-state index in [2.05, 4.69) is 24.8 Å². The van der Waals surface area contributed by atoms with Crippen molar-refractivity contribution in [1.29, 1.82) is 5.26 Å². The summed E-state index contributed by atoms with van der Waals surface area (Å²) in [5.41, 5.74) is 4.05. The van der Waals surface area contributed by atoms with E-state index in [-0.39, 0.29) is 5.75 Å². The van der Waals surface area contributed by atoms with E-state index in [9.17, 15) is 10.4 Å². The first kappa shape index (κ1) is 22.1. The van der Waals surface area contributed by atoms with Crippen molar-refractivity contribution >= 4 is 11.1 Å². The summed E-state index contributed by atoms with van der Waals surface area (Å²) in [4.78, 5) is 2.32. The Morgan fingerprint density at radius 2 is 1.42 bits per heavy atom. The molecule has 4 nitrogen and oxygen atoms in total. The van der Waals surface area contributed by atoms with Gasteiger partial charge in [0.25, 0.3) is 0 Å². The van der Waals surface area contributed by atoms with E-state index >= 15 is 0 Å². The van der Waals surface area contributed by atoms with Crippen LogP contribution in [0.15, 0.2) is 78.9 Å². The van der Waals surface area contributed by atoms with Gasteiger partial charge in [-0.05, 0) is 54.0 Å². The Balaban J connectivity index is 1.94. The Morgan fingerprint density at radius 1 is 0.839 bits per heavy atom. The van der Waals surface area contributed by atoms with Gasteiger partial charge >= 0.3 is 0 Å². The topological polar surface area (TPSA) is 56.5 Å². The largest absolute Gasteiger partial charge is 0.508 e. The number of aromatic hydroxyl groups is 1. The van der Waals surface area contributed by atoms with Crippen molar-refractivity contribution in [1.82, 2.24) is 4.90 Å². The van der Waals surface area contributed by atoms with Gasteiger partial charge in [-0.3, -0.25) is 0 Å². The summed E-state index contributed by atoms with van der Waals surface area (Å²) >= 11 is 0. The lowest BCUT2D eigenvalue weighted by molar-refractivity contribution is 0.223. The summed E-state index contributed by atoms with van der Waals surface area (Å²) in [6.45, 7) is 7.84. The van der Waals surface area contributed by atoms with Crippen LogP contribution in [0.25, 0.3) is 11.1 Å². The van der Waals surface area contributed by atoms with Crippen LogP contribution in [0.1, 0.15) is 30.5 Å². The predicted molar refractivity (Wildman–Crippen MR) is 126 cm³/mol. The number of phenols is 1. The maximum Gasteiger partial charge on any atom is 0.119 e. The molecule has 0 aliphatic rings. The Bertz CT molecular complexity index is 1030. The number of phenolic OH excluding ortho intramolecular Hbond substituents is 1. The van der Waals surface area contributed by atoms with Crippen LogP contribution in [-0.4, -0.2) is 36.2 Å². The smallest absolute Gasteiger partial charge is 0.119 e. The van der Waals surface area contributed by atoms with Crippen LogP contribution in [0.3, 0.4) is 0 Å². The highest BCUT2D eigenvalue weighted by atomic mass is 16.5. The summed E-state index contributed by atoms with van der Waals surface area (Å²) in [6, 6.07) is 26.8. The van der Waals surface area contributed by atoms with Crippen molar-refractivity contribution in [3.63, 3.8) is 0 Å². The zero-order valence-electron chi connectivity index (χ0n) is 18.1. The molecule has 0 saturated heterocycles. The Kier molecular flexibility index (Phi) is 7.86. The van der Waals surface area contributed by atoms with Crippen molar-refractivity contribution in [2.45, 2.75) is 13.8 Å². The maximum atomic E-state index is 10.0. The van der Waals surface area contributed by atoms with E-state index in [1.807, 2.05) is 66.7 Å². The quantitative estimate of drug-likeness (QED) is 0.367. The third kappa shape index (κ3) is 5.75. The molecule has 0 heterocycles. The average Bonchev–Trinajstić information content (AvgIpc) is 2.82. The highest BCUT2D eigenvalue weighted by Crippen LogP contribution is 2.33. The van der Waals surface area contributed by atoms with Crippen LogP contribution in [0.4, 0.5) is 0 Å². The molecule has 0 aliphatic heterocycles. The number of nitriles is 1. The molecule has 0 saturated carbocycles. The van der Waals surface area contributed by atoms with Crippen molar-refractivity contribution in [3.05, 3.63) is 95.6 Å². The van der Waals surface area contributed by atoms with E-state index in [0.717, 1.165) is 47.6 Å². The van der Waals surface area contributed by atoms with E-state index in [0.29, 0.717) is 12.2 Å². The number of ether oxygens (including phenoxy) is 1. The minimum Gasteiger partial charge on any atom is -0.508 e. The van der Waals surface area contributed by atoms with Crippen molar-refractivity contribution in [2.24, 2.45) is 0 Å². The fraction of sp³-hybridized carbons (Fsp3) is 0.222. The second-order valence-electron chi connectivity index (χ2n) is 7.17. The lowest BCUT2D eigenvalue weighted by atomic mass is 9.90. The number of rotatable bonds is 9. The molecule has 0 spiro atoms. The molecule has 3 rings (SSSR count). The first-order chi connectivity index (χ1) is 15.2. The number of allylic oxidation sites excluding steroid dienone is 1. The molecule has 0 aliphatic carbocycles. The van der Waals surface area contributed by atoms with Crippen LogP contribution >= 0.6 is 0 Å². The average molecular weight is 413 g/mol. The summed E-state index contributed by atoms with van der Waals surface area (Å²) in [6.07, 6.45) is 0. The van der Waals surface area contributed by atoms with E-state index in [1.54, 1.807) is 12.1 Å². The molecule has 0 unspecified atom stereocenters. The van der Waals surface area contributed by atoms with E-state index in [4.69, 9.17) is 4.74 Å². The predicted octanol–water partition coefficient (Wildman–Crippen LogP) is 5.60. The number of hydrogen-bond acceptors (Lipinski definition) is 4. The van der Waals surface area contributed by atoms with Gasteiger partial charge in [-0.2, -0.15) is 5.26 Å². The number of hydrogen-bond donors (Lipinski definition) is 1. The van der Waals surface area contributed by atoms with Gasteiger partial charge in [0.15, 0.2) is 0 Å². The molecule has 0 atom stereocenters. The molecular weight excluding hydrogens is 384 g/mol. The highest BCUT2D eigenvalue weighted by molar-refractivity contribution is 6.03. The molecule has 0 fully saturated rings. The van der Waals surface area contributed by atoms with Gasteiger partial charge in [0.1, 0.15) is 24.2 Å². The normalized spacial score (nSPS) is 11.7.